The van der Waals surface area contributed by atoms with Crippen molar-refractivity contribution >= 4 is 11.7 Å². The van der Waals surface area contributed by atoms with Crippen LogP contribution in [0.3, 0.4) is 0 Å². The molecule has 1 aromatic heterocycles. The Balaban J connectivity index is 1.83. The maximum Gasteiger partial charge on any atom is 0.255 e. The van der Waals surface area contributed by atoms with E-state index in [2.05, 4.69) is 17.2 Å². The largest absolute Gasteiger partial charge is 0.494 e. The number of ether oxygens (including phenoxy) is 1. The Labute approximate surface area is 143 Å². The van der Waals surface area contributed by atoms with Gasteiger partial charge < -0.3 is 15.8 Å². The molecule has 0 radical (unpaired) electrons. The minimum atomic E-state index is -0.230. The number of aromatic nitrogens is 1. The van der Waals surface area contributed by atoms with Gasteiger partial charge in [0.15, 0.2) is 0 Å². The average Bonchev–Trinajstić information content (AvgIpc) is 2.60. The molecule has 0 fully saturated rings. The Morgan fingerprint density at radius 1 is 1.21 bits per heavy atom. The SMILES string of the molecule is CCCCCCOc1cccc(CNC(=O)c2cccnc2N)c1. The Hall–Kier alpha value is -2.56. The summed E-state index contributed by atoms with van der Waals surface area (Å²) >= 11 is 0. The molecule has 0 saturated heterocycles. The van der Waals surface area contributed by atoms with E-state index in [1.54, 1.807) is 18.3 Å². The Kier molecular flexibility index (Phi) is 7.08. The fourth-order valence-corrected chi connectivity index (χ4v) is 2.35. The summed E-state index contributed by atoms with van der Waals surface area (Å²) in [5, 5.41) is 2.85. The average molecular weight is 327 g/mol. The minimum absolute atomic E-state index is 0.230. The van der Waals surface area contributed by atoms with Crippen LogP contribution in [0.15, 0.2) is 42.6 Å². The molecule has 0 aliphatic rings. The molecule has 1 aromatic carbocycles. The number of carbonyl (C=O) groups excluding carboxylic acids is 1. The molecule has 5 heteroatoms. The number of benzene rings is 1. The molecule has 0 aliphatic heterocycles. The van der Waals surface area contributed by atoms with Crippen LogP contribution in [-0.4, -0.2) is 17.5 Å². The smallest absolute Gasteiger partial charge is 0.255 e. The van der Waals surface area contributed by atoms with E-state index in [-0.39, 0.29) is 11.7 Å². The van der Waals surface area contributed by atoms with Crippen LogP contribution in [0.5, 0.6) is 5.75 Å². The van der Waals surface area contributed by atoms with Gasteiger partial charge in [0.2, 0.25) is 0 Å². The van der Waals surface area contributed by atoms with Gasteiger partial charge >= 0.3 is 0 Å². The number of amides is 1. The molecule has 1 heterocycles. The molecular weight excluding hydrogens is 302 g/mol. The third-order valence-corrected chi connectivity index (χ3v) is 3.70. The molecule has 128 valence electrons. The van der Waals surface area contributed by atoms with Crippen molar-refractivity contribution in [1.29, 1.82) is 0 Å². The number of nitrogens with one attached hydrogen (secondary N) is 1. The van der Waals surface area contributed by atoms with Crippen molar-refractivity contribution in [2.45, 2.75) is 39.2 Å². The summed E-state index contributed by atoms with van der Waals surface area (Å²) in [6.07, 6.45) is 6.28. The standard InChI is InChI=1S/C19H25N3O2/c1-2-3-4-5-12-24-16-9-6-8-15(13-16)14-22-19(23)17-10-7-11-21-18(17)20/h6-11,13H,2-5,12,14H2,1H3,(H2,20,21)(H,22,23). The summed E-state index contributed by atoms with van der Waals surface area (Å²) in [5.74, 6) is 0.838. The molecule has 2 aromatic rings. The lowest BCUT2D eigenvalue weighted by molar-refractivity contribution is 0.0951. The third kappa shape index (κ3) is 5.57. The van der Waals surface area contributed by atoms with Crippen molar-refractivity contribution in [3.8, 4) is 5.75 Å². The second-order valence-electron chi connectivity index (χ2n) is 5.68. The van der Waals surface area contributed by atoms with E-state index >= 15 is 0 Å². The highest BCUT2D eigenvalue weighted by Gasteiger charge is 2.09. The van der Waals surface area contributed by atoms with E-state index in [1.807, 2.05) is 24.3 Å². The lowest BCUT2D eigenvalue weighted by atomic mass is 10.2. The first-order chi connectivity index (χ1) is 11.7. The van der Waals surface area contributed by atoms with E-state index < -0.39 is 0 Å². The molecule has 0 spiro atoms. The van der Waals surface area contributed by atoms with Crippen LogP contribution in [0.2, 0.25) is 0 Å². The van der Waals surface area contributed by atoms with Crippen LogP contribution in [0, 0.1) is 0 Å². The minimum Gasteiger partial charge on any atom is -0.494 e. The lowest BCUT2D eigenvalue weighted by Crippen LogP contribution is -2.24. The fourth-order valence-electron chi connectivity index (χ4n) is 2.35. The van der Waals surface area contributed by atoms with Crippen molar-refractivity contribution in [2.24, 2.45) is 0 Å². The molecule has 2 rings (SSSR count). The highest BCUT2D eigenvalue weighted by atomic mass is 16.5. The summed E-state index contributed by atoms with van der Waals surface area (Å²) in [4.78, 5) is 16.1. The first-order valence-corrected chi connectivity index (χ1v) is 8.41. The number of hydrogen-bond acceptors (Lipinski definition) is 4. The summed E-state index contributed by atoms with van der Waals surface area (Å²) in [7, 11) is 0. The van der Waals surface area contributed by atoms with Crippen LogP contribution in [-0.2, 0) is 6.54 Å². The maximum absolute atomic E-state index is 12.1. The number of unbranched alkanes of at least 4 members (excludes halogenated alkanes) is 3. The molecule has 24 heavy (non-hydrogen) atoms. The van der Waals surface area contributed by atoms with Crippen molar-refractivity contribution in [3.63, 3.8) is 0 Å². The molecule has 0 unspecified atom stereocenters. The van der Waals surface area contributed by atoms with Gasteiger partial charge in [0.1, 0.15) is 11.6 Å². The zero-order valence-electron chi connectivity index (χ0n) is 14.1. The molecule has 3 N–H and O–H groups in total. The van der Waals surface area contributed by atoms with Gasteiger partial charge in [0.05, 0.1) is 12.2 Å². The molecule has 1 amide bonds. The number of nitrogen functional groups attached to an aromatic ring is 1. The molecule has 0 atom stereocenters. The van der Waals surface area contributed by atoms with Crippen molar-refractivity contribution < 1.29 is 9.53 Å². The third-order valence-electron chi connectivity index (χ3n) is 3.70. The normalized spacial score (nSPS) is 10.4. The van der Waals surface area contributed by atoms with Gasteiger partial charge in [-0.25, -0.2) is 4.98 Å². The molecule has 5 nitrogen and oxygen atoms in total. The van der Waals surface area contributed by atoms with E-state index in [9.17, 15) is 4.79 Å². The van der Waals surface area contributed by atoms with Gasteiger partial charge in [-0.15, -0.1) is 0 Å². The van der Waals surface area contributed by atoms with Crippen LogP contribution in [0.1, 0.15) is 48.5 Å². The fraction of sp³-hybridized carbons (Fsp3) is 0.368. The number of hydrogen-bond donors (Lipinski definition) is 2. The lowest BCUT2D eigenvalue weighted by Gasteiger charge is -2.09. The number of anilines is 1. The molecule has 0 bridgehead atoms. The van der Waals surface area contributed by atoms with Crippen LogP contribution < -0.4 is 15.8 Å². The van der Waals surface area contributed by atoms with Gasteiger partial charge in [-0.05, 0) is 36.2 Å². The first kappa shape index (κ1) is 17.8. The predicted octanol–water partition coefficient (Wildman–Crippen LogP) is 3.55. The number of pyridine rings is 1. The zero-order valence-corrected chi connectivity index (χ0v) is 14.1. The van der Waals surface area contributed by atoms with E-state index in [4.69, 9.17) is 10.5 Å². The summed E-state index contributed by atoms with van der Waals surface area (Å²) in [5.41, 5.74) is 7.08. The Morgan fingerprint density at radius 2 is 2.08 bits per heavy atom. The maximum atomic E-state index is 12.1. The molecule has 0 saturated carbocycles. The summed E-state index contributed by atoms with van der Waals surface area (Å²) < 4.78 is 5.76. The Bertz CT molecular complexity index is 659. The van der Waals surface area contributed by atoms with Crippen molar-refractivity contribution in [2.75, 3.05) is 12.3 Å². The van der Waals surface area contributed by atoms with Gasteiger partial charge in [-0.1, -0.05) is 38.3 Å². The van der Waals surface area contributed by atoms with E-state index in [0.29, 0.717) is 12.1 Å². The van der Waals surface area contributed by atoms with Crippen LogP contribution in [0.25, 0.3) is 0 Å². The highest BCUT2D eigenvalue weighted by molar-refractivity contribution is 5.98. The monoisotopic (exact) mass is 327 g/mol. The van der Waals surface area contributed by atoms with E-state index in [0.717, 1.165) is 24.3 Å². The molecule has 0 aliphatic carbocycles. The molecular formula is C19H25N3O2. The first-order valence-electron chi connectivity index (χ1n) is 8.41. The number of rotatable bonds is 9. The quantitative estimate of drug-likeness (QED) is 0.690. The van der Waals surface area contributed by atoms with Gasteiger partial charge in [0, 0.05) is 12.7 Å². The van der Waals surface area contributed by atoms with Crippen molar-refractivity contribution in [1.82, 2.24) is 10.3 Å². The number of nitrogens with zero attached hydrogens (tertiary/aromatic N) is 1. The summed E-state index contributed by atoms with van der Waals surface area (Å²) in [6, 6.07) is 11.1. The number of nitrogens with two attached hydrogens (primary N) is 1. The predicted molar refractivity (Wildman–Crippen MR) is 95.9 cm³/mol. The Morgan fingerprint density at radius 3 is 2.88 bits per heavy atom. The van der Waals surface area contributed by atoms with Gasteiger partial charge in [0.25, 0.3) is 5.91 Å². The van der Waals surface area contributed by atoms with E-state index in [1.165, 1.54) is 19.3 Å². The zero-order chi connectivity index (χ0) is 17.2. The van der Waals surface area contributed by atoms with Gasteiger partial charge in [-0.2, -0.15) is 0 Å². The van der Waals surface area contributed by atoms with Crippen molar-refractivity contribution in [3.05, 3.63) is 53.7 Å². The van der Waals surface area contributed by atoms with Crippen LogP contribution >= 0.6 is 0 Å². The highest BCUT2D eigenvalue weighted by Crippen LogP contribution is 2.14. The second kappa shape index (κ2) is 9.55. The topological polar surface area (TPSA) is 77.2 Å². The van der Waals surface area contributed by atoms with Gasteiger partial charge in [-0.3, -0.25) is 4.79 Å². The second-order valence-corrected chi connectivity index (χ2v) is 5.68. The number of carbonyl (C=O) groups is 1. The summed E-state index contributed by atoms with van der Waals surface area (Å²) in [6.45, 7) is 3.33. The van der Waals surface area contributed by atoms with Crippen LogP contribution in [0.4, 0.5) is 5.82 Å².